The lowest BCUT2D eigenvalue weighted by molar-refractivity contribution is 0.247. The molecule has 134 valence electrons. The number of aromatic hydroxyl groups is 1. The van der Waals surface area contributed by atoms with Crippen LogP contribution in [0.15, 0.2) is 36.4 Å². The Labute approximate surface area is 148 Å². The molecule has 5 heteroatoms. The maximum atomic E-state index is 10.1. The van der Waals surface area contributed by atoms with Crippen LogP contribution in [0.5, 0.6) is 23.0 Å². The molecule has 1 fully saturated rings. The molecule has 0 amide bonds. The average Bonchev–Trinajstić information content (AvgIpc) is 3.11. The van der Waals surface area contributed by atoms with Crippen molar-refractivity contribution in [3.8, 4) is 23.0 Å². The van der Waals surface area contributed by atoms with Crippen LogP contribution in [0.4, 0.5) is 0 Å². The van der Waals surface area contributed by atoms with Gasteiger partial charge in [-0.15, -0.1) is 0 Å². The Morgan fingerprint density at radius 2 is 1.64 bits per heavy atom. The Kier molecular flexibility index (Phi) is 5.34. The van der Waals surface area contributed by atoms with Crippen LogP contribution in [0.2, 0.25) is 0 Å². The molecule has 0 bridgehead atoms. The van der Waals surface area contributed by atoms with Gasteiger partial charge in [-0.25, -0.2) is 0 Å². The summed E-state index contributed by atoms with van der Waals surface area (Å²) in [5, 5.41) is 10.1. The first-order chi connectivity index (χ1) is 12.2. The Morgan fingerprint density at radius 1 is 1.00 bits per heavy atom. The highest BCUT2D eigenvalue weighted by Crippen LogP contribution is 2.39. The Balaban J connectivity index is 1.81. The van der Waals surface area contributed by atoms with Crippen molar-refractivity contribution < 1.29 is 19.3 Å². The minimum absolute atomic E-state index is 0.0434. The number of methoxy groups -OCH3 is 3. The molecule has 1 atom stereocenters. The molecule has 25 heavy (non-hydrogen) atoms. The van der Waals surface area contributed by atoms with E-state index in [0.717, 1.165) is 30.8 Å². The number of phenols is 1. The fraction of sp³-hybridized carbons (Fsp3) is 0.400. The van der Waals surface area contributed by atoms with E-state index < -0.39 is 0 Å². The molecule has 1 heterocycles. The first kappa shape index (κ1) is 17.4. The maximum absolute atomic E-state index is 10.1. The topological polar surface area (TPSA) is 51.2 Å². The fourth-order valence-electron chi connectivity index (χ4n) is 3.49. The number of benzene rings is 2. The van der Waals surface area contributed by atoms with Crippen LogP contribution >= 0.6 is 0 Å². The van der Waals surface area contributed by atoms with Gasteiger partial charge in [-0.2, -0.15) is 0 Å². The summed E-state index contributed by atoms with van der Waals surface area (Å²) in [4.78, 5) is 2.45. The second kappa shape index (κ2) is 7.66. The van der Waals surface area contributed by atoms with Gasteiger partial charge in [0.05, 0.1) is 21.3 Å². The zero-order valence-electron chi connectivity index (χ0n) is 15.0. The van der Waals surface area contributed by atoms with Gasteiger partial charge in [-0.05, 0) is 54.8 Å². The van der Waals surface area contributed by atoms with E-state index in [1.165, 1.54) is 12.0 Å². The molecule has 2 aromatic carbocycles. The van der Waals surface area contributed by atoms with E-state index >= 15 is 0 Å². The van der Waals surface area contributed by atoms with E-state index in [-0.39, 0.29) is 5.75 Å². The van der Waals surface area contributed by atoms with Crippen molar-refractivity contribution in [2.24, 2.45) is 0 Å². The molecule has 1 N–H and O–H groups in total. The lowest BCUT2D eigenvalue weighted by atomic mass is 10.0. The Hall–Kier alpha value is -2.40. The molecule has 2 aromatic rings. The number of nitrogens with zero attached hydrogens (tertiary/aromatic N) is 1. The summed E-state index contributed by atoms with van der Waals surface area (Å²) in [6.45, 7) is 1.83. The van der Waals surface area contributed by atoms with Crippen LogP contribution in [-0.2, 0) is 6.54 Å². The second-order valence-electron chi connectivity index (χ2n) is 6.25. The third-order valence-corrected chi connectivity index (χ3v) is 4.79. The number of phenolic OH excluding ortho intramolecular Hbond substituents is 1. The standard InChI is InChI=1S/C20H25NO4/c1-23-16-8-6-15(7-9-16)17-5-4-10-21(17)13-14-11-18(24-2)20(22)19(12-14)25-3/h6-9,11-12,17,22H,4-5,10,13H2,1-3H3. The summed E-state index contributed by atoms with van der Waals surface area (Å²) in [6, 6.07) is 12.4. The van der Waals surface area contributed by atoms with Gasteiger partial charge in [-0.1, -0.05) is 12.1 Å². The van der Waals surface area contributed by atoms with Crippen molar-refractivity contribution >= 4 is 0 Å². The first-order valence-electron chi connectivity index (χ1n) is 8.48. The van der Waals surface area contributed by atoms with E-state index in [4.69, 9.17) is 14.2 Å². The van der Waals surface area contributed by atoms with Gasteiger partial charge in [0.2, 0.25) is 5.75 Å². The Bertz CT molecular complexity index is 689. The molecular weight excluding hydrogens is 318 g/mol. The third kappa shape index (κ3) is 3.66. The second-order valence-corrected chi connectivity index (χ2v) is 6.25. The highest BCUT2D eigenvalue weighted by molar-refractivity contribution is 5.52. The first-order valence-corrected chi connectivity index (χ1v) is 8.48. The van der Waals surface area contributed by atoms with E-state index in [1.54, 1.807) is 21.3 Å². The maximum Gasteiger partial charge on any atom is 0.200 e. The Morgan fingerprint density at radius 3 is 2.20 bits per heavy atom. The summed E-state index contributed by atoms with van der Waals surface area (Å²) in [5.41, 5.74) is 2.36. The van der Waals surface area contributed by atoms with Crippen LogP contribution in [0, 0.1) is 0 Å². The quantitative estimate of drug-likeness (QED) is 0.865. The van der Waals surface area contributed by atoms with Crippen molar-refractivity contribution in [1.29, 1.82) is 0 Å². The lowest BCUT2D eigenvalue weighted by Crippen LogP contribution is -2.22. The molecule has 3 rings (SSSR count). The molecule has 5 nitrogen and oxygen atoms in total. The summed E-state index contributed by atoms with van der Waals surface area (Å²) < 4.78 is 15.8. The van der Waals surface area contributed by atoms with Crippen molar-refractivity contribution in [2.75, 3.05) is 27.9 Å². The minimum atomic E-state index is 0.0434. The van der Waals surface area contributed by atoms with Gasteiger partial charge < -0.3 is 19.3 Å². The van der Waals surface area contributed by atoms with Gasteiger partial charge in [0, 0.05) is 12.6 Å². The number of hydrogen-bond donors (Lipinski definition) is 1. The summed E-state index contributed by atoms with van der Waals surface area (Å²) >= 11 is 0. The van der Waals surface area contributed by atoms with Crippen LogP contribution in [0.3, 0.4) is 0 Å². The zero-order chi connectivity index (χ0) is 17.8. The van der Waals surface area contributed by atoms with Crippen molar-refractivity contribution in [3.63, 3.8) is 0 Å². The number of rotatable bonds is 6. The molecule has 0 saturated carbocycles. The van der Waals surface area contributed by atoms with E-state index in [1.807, 2.05) is 24.3 Å². The van der Waals surface area contributed by atoms with Crippen LogP contribution < -0.4 is 14.2 Å². The molecule has 0 radical (unpaired) electrons. The summed E-state index contributed by atoms with van der Waals surface area (Å²) in [5.74, 6) is 1.80. The van der Waals surface area contributed by atoms with Gasteiger partial charge in [0.15, 0.2) is 11.5 Å². The predicted octanol–water partition coefficient (Wildman–Crippen LogP) is 3.76. The van der Waals surface area contributed by atoms with Crippen LogP contribution in [-0.4, -0.2) is 37.9 Å². The summed E-state index contributed by atoms with van der Waals surface area (Å²) in [6.07, 6.45) is 2.31. The molecular formula is C20H25NO4. The predicted molar refractivity (Wildman–Crippen MR) is 96.6 cm³/mol. The number of likely N-dealkylation sites (tertiary alicyclic amines) is 1. The zero-order valence-corrected chi connectivity index (χ0v) is 15.0. The van der Waals surface area contributed by atoms with Crippen LogP contribution in [0.25, 0.3) is 0 Å². The minimum Gasteiger partial charge on any atom is -0.502 e. The smallest absolute Gasteiger partial charge is 0.200 e. The SMILES string of the molecule is COc1ccc(C2CCCN2Cc2cc(OC)c(O)c(OC)c2)cc1. The van der Waals surface area contributed by atoms with E-state index in [9.17, 15) is 5.11 Å². The van der Waals surface area contributed by atoms with Crippen molar-refractivity contribution in [2.45, 2.75) is 25.4 Å². The normalized spacial score (nSPS) is 17.5. The van der Waals surface area contributed by atoms with Crippen LogP contribution in [0.1, 0.15) is 30.0 Å². The number of ether oxygens (including phenoxy) is 3. The molecule has 0 aromatic heterocycles. The van der Waals surface area contributed by atoms with Crippen molar-refractivity contribution in [1.82, 2.24) is 4.90 Å². The molecule has 1 saturated heterocycles. The van der Waals surface area contributed by atoms with Gasteiger partial charge in [0.1, 0.15) is 5.75 Å². The molecule has 0 spiro atoms. The van der Waals surface area contributed by atoms with E-state index in [0.29, 0.717) is 17.5 Å². The van der Waals surface area contributed by atoms with Crippen molar-refractivity contribution in [3.05, 3.63) is 47.5 Å². The molecule has 1 unspecified atom stereocenters. The van der Waals surface area contributed by atoms with Gasteiger partial charge >= 0.3 is 0 Å². The monoisotopic (exact) mass is 343 g/mol. The molecule has 0 aliphatic carbocycles. The van der Waals surface area contributed by atoms with Gasteiger partial charge in [-0.3, -0.25) is 4.90 Å². The van der Waals surface area contributed by atoms with E-state index in [2.05, 4.69) is 17.0 Å². The summed E-state index contributed by atoms with van der Waals surface area (Å²) in [7, 11) is 4.78. The fourth-order valence-corrected chi connectivity index (χ4v) is 3.49. The third-order valence-electron chi connectivity index (χ3n) is 4.79. The molecule has 1 aliphatic rings. The largest absolute Gasteiger partial charge is 0.502 e. The highest BCUT2D eigenvalue weighted by atomic mass is 16.5. The lowest BCUT2D eigenvalue weighted by Gasteiger charge is -2.25. The number of hydrogen-bond acceptors (Lipinski definition) is 5. The highest BCUT2D eigenvalue weighted by Gasteiger charge is 2.26. The molecule has 1 aliphatic heterocycles. The average molecular weight is 343 g/mol. The van der Waals surface area contributed by atoms with Gasteiger partial charge in [0.25, 0.3) is 0 Å².